The molecule has 0 aliphatic rings. The van der Waals surface area contributed by atoms with E-state index in [1.807, 2.05) is 30.3 Å². The van der Waals surface area contributed by atoms with Crippen molar-refractivity contribution in [2.24, 2.45) is 0 Å². The molecule has 0 fully saturated rings. The van der Waals surface area contributed by atoms with E-state index in [1.165, 1.54) is 0 Å². The molecule has 0 saturated carbocycles. The zero-order valence-corrected chi connectivity index (χ0v) is 11.5. The van der Waals surface area contributed by atoms with E-state index in [1.54, 1.807) is 13.1 Å². The van der Waals surface area contributed by atoms with Crippen LogP contribution in [-0.4, -0.2) is 24.1 Å². The molecular formula is C15H18N2O3. The number of hydrogen-bond acceptors (Lipinski definition) is 5. The molecular weight excluding hydrogens is 256 g/mol. The van der Waals surface area contributed by atoms with Crippen molar-refractivity contribution < 1.29 is 13.9 Å². The Kier molecular flexibility index (Phi) is 5.32. The molecule has 0 unspecified atom stereocenters. The number of nitrogens with zero attached hydrogens (tertiary/aromatic N) is 1. The number of aromatic nitrogens is 1. The van der Waals surface area contributed by atoms with Gasteiger partial charge in [-0.15, -0.1) is 0 Å². The van der Waals surface area contributed by atoms with Crippen molar-refractivity contribution in [1.82, 2.24) is 10.3 Å². The van der Waals surface area contributed by atoms with Crippen molar-refractivity contribution in [2.45, 2.75) is 19.9 Å². The second kappa shape index (κ2) is 7.45. The number of ether oxygens (including phenoxy) is 1. The summed E-state index contributed by atoms with van der Waals surface area (Å²) in [5.74, 6) is 1.15. The number of hydrogen-bond donors (Lipinski definition) is 1. The molecule has 0 spiro atoms. The van der Waals surface area contributed by atoms with Crippen LogP contribution in [0.5, 0.6) is 0 Å². The van der Waals surface area contributed by atoms with Crippen molar-refractivity contribution >= 4 is 5.97 Å². The van der Waals surface area contributed by atoms with Gasteiger partial charge in [0.2, 0.25) is 5.89 Å². The van der Waals surface area contributed by atoms with Gasteiger partial charge in [-0.05, 0) is 6.92 Å². The van der Waals surface area contributed by atoms with E-state index in [-0.39, 0.29) is 5.97 Å². The number of rotatable bonds is 7. The average molecular weight is 274 g/mol. The van der Waals surface area contributed by atoms with Crippen molar-refractivity contribution in [1.29, 1.82) is 0 Å². The standard InChI is InChI=1S/C15H18N2O3/c1-2-19-15(18)8-9-16-11-14-17-10-13(20-14)12-6-4-3-5-7-12/h3-7,10,16H,2,8-9,11H2,1H3. The van der Waals surface area contributed by atoms with Gasteiger partial charge in [-0.1, -0.05) is 30.3 Å². The summed E-state index contributed by atoms with van der Waals surface area (Å²) in [6.45, 7) is 3.25. The van der Waals surface area contributed by atoms with Gasteiger partial charge >= 0.3 is 5.97 Å². The fourth-order valence-corrected chi connectivity index (χ4v) is 1.75. The van der Waals surface area contributed by atoms with Gasteiger partial charge in [-0.2, -0.15) is 0 Å². The van der Waals surface area contributed by atoms with Crippen LogP contribution >= 0.6 is 0 Å². The van der Waals surface area contributed by atoms with Crippen LogP contribution in [-0.2, 0) is 16.1 Å². The van der Waals surface area contributed by atoms with Gasteiger partial charge in [0, 0.05) is 12.1 Å². The van der Waals surface area contributed by atoms with Crippen LogP contribution in [0.1, 0.15) is 19.2 Å². The summed E-state index contributed by atoms with van der Waals surface area (Å²) in [7, 11) is 0. The van der Waals surface area contributed by atoms with E-state index in [2.05, 4.69) is 10.3 Å². The van der Waals surface area contributed by atoms with Crippen molar-refractivity contribution in [3.63, 3.8) is 0 Å². The third kappa shape index (κ3) is 4.20. The summed E-state index contributed by atoms with van der Waals surface area (Å²) in [4.78, 5) is 15.3. The highest BCUT2D eigenvalue weighted by atomic mass is 16.5. The molecule has 0 radical (unpaired) electrons. The van der Waals surface area contributed by atoms with Crippen LogP contribution in [0.2, 0.25) is 0 Å². The number of esters is 1. The molecule has 1 N–H and O–H groups in total. The number of carbonyl (C=O) groups is 1. The minimum atomic E-state index is -0.197. The first-order chi connectivity index (χ1) is 9.79. The smallest absolute Gasteiger partial charge is 0.307 e. The lowest BCUT2D eigenvalue weighted by molar-refractivity contribution is -0.142. The molecule has 1 aromatic carbocycles. The normalized spacial score (nSPS) is 10.4. The fourth-order valence-electron chi connectivity index (χ4n) is 1.75. The lowest BCUT2D eigenvalue weighted by atomic mass is 10.2. The molecule has 2 rings (SSSR count). The van der Waals surface area contributed by atoms with Gasteiger partial charge in [0.15, 0.2) is 5.76 Å². The Bertz CT molecular complexity index is 537. The van der Waals surface area contributed by atoms with E-state index in [4.69, 9.17) is 9.15 Å². The van der Waals surface area contributed by atoms with Crippen molar-refractivity contribution in [3.8, 4) is 11.3 Å². The quantitative estimate of drug-likeness (QED) is 0.620. The van der Waals surface area contributed by atoms with Crippen LogP contribution in [0.3, 0.4) is 0 Å². The Labute approximate surface area is 118 Å². The molecule has 5 nitrogen and oxygen atoms in total. The van der Waals surface area contributed by atoms with Gasteiger partial charge in [0.25, 0.3) is 0 Å². The second-order valence-corrected chi connectivity index (χ2v) is 4.22. The molecule has 20 heavy (non-hydrogen) atoms. The molecule has 0 amide bonds. The van der Waals surface area contributed by atoms with Crippen molar-refractivity contribution in [2.75, 3.05) is 13.2 Å². The third-order valence-electron chi connectivity index (χ3n) is 2.70. The second-order valence-electron chi connectivity index (χ2n) is 4.22. The van der Waals surface area contributed by atoms with Gasteiger partial charge < -0.3 is 14.5 Å². The number of oxazole rings is 1. The van der Waals surface area contributed by atoms with E-state index < -0.39 is 0 Å². The molecule has 1 heterocycles. The van der Waals surface area contributed by atoms with Gasteiger partial charge in [0.1, 0.15) is 0 Å². The number of nitrogens with one attached hydrogen (secondary N) is 1. The zero-order valence-electron chi connectivity index (χ0n) is 11.5. The molecule has 0 saturated heterocycles. The summed E-state index contributed by atoms with van der Waals surface area (Å²) in [6.07, 6.45) is 2.05. The lowest BCUT2D eigenvalue weighted by Gasteiger charge is -2.02. The lowest BCUT2D eigenvalue weighted by Crippen LogP contribution is -2.19. The van der Waals surface area contributed by atoms with E-state index in [9.17, 15) is 4.79 Å². The van der Waals surface area contributed by atoms with Gasteiger partial charge in [-0.3, -0.25) is 4.79 Å². The highest BCUT2D eigenvalue weighted by Crippen LogP contribution is 2.19. The van der Waals surface area contributed by atoms with E-state index in [0.717, 1.165) is 11.3 Å². The number of carbonyl (C=O) groups excluding carboxylic acids is 1. The summed E-state index contributed by atoms with van der Waals surface area (Å²) in [5.41, 5.74) is 0.998. The minimum absolute atomic E-state index is 0.197. The monoisotopic (exact) mass is 274 g/mol. The zero-order chi connectivity index (χ0) is 14.2. The maximum atomic E-state index is 11.1. The van der Waals surface area contributed by atoms with Crippen LogP contribution in [0.25, 0.3) is 11.3 Å². The largest absolute Gasteiger partial charge is 0.466 e. The topological polar surface area (TPSA) is 64.4 Å². The highest BCUT2D eigenvalue weighted by Gasteiger charge is 2.06. The highest BCUT2D eigenvalue weighted by molar-refractivity contribution is 5.69. The first-order valence-corrected chi connectivity index (χ1v) is 6.66. The molecule has 0 bridgehead atoms. The molecule has 5 heteroatoms. The fraction of sp³-hybridized carbons (Fsp3) is 0.333. The SMILES string of the molecule is CCOC(=O)CCNCc1ncc(-c2ccccc2)o1. The predicted octanol–water partition coefficient (Wildman–Crippen LogP) is 2.38. The van der Waals surface area contributed by atoms with Crippen LogP contribution < -0.4 is 5.32 Å². The van der Waals surface area contributed by atoms with Crippen LogP contribution in [0, 0.1) is 0 Å². The maximum absolute atomic E-state index is 11.1. The molecule has 106 valence electrons. The Morgan fingerprint density at radius 1 is 1.35 bits per heavy atom. The maximum Gasteiger partial charge on any atom is 0.307 e. The minimum Gasteiger partial charge on any atom is -0.466 e. The summed E-state index contributed by atoms with van der Waals surface area (Å²) < 4.78 is 10.5. The van der Waals surface area contributed by atoms with Crippen molar-refractivity contribution in [3.05, 3.63) is 42.4 Å². The average Bonchev–Trinajstić information content (AvgIpc) is 2.94. The Morgan fingerprint density at radius 2 is 2.15 bits per heavy atom. The summed E-state index contributed by atoms with van der Waals surface area (Å²) >= 11 is 0. The summed E-state index contributed by atoms with van der Waals surface area (Å²) in [6, 6.07) is 9.80. The van der Waals surface area contributed by atoms with Crippen LogP contribution in [0.15, 0.2) is 40.9 Å². The van der Waals surface area contributed by atoms with E-state index in [0.29, 0.717) is 32.0 Å². The predicted molar refractivity (Wildman–Crippen MR) is 74.9 cm³/mol. The molecule has 0 atom stereocenters. The van der Waals surface area contributed by atoms with Gasteiger partial charge in [-0.25, -0.2) is 4.98 Å². The summed E-state index contributed by atoms with van der Waals surface area (Å²) in [5, 5.41) is 3.10. The molecule has 2 aromatic rings. The van der Waals surface area contributed by atoms with E-state index >= 15 is 0 Å². The Hall–Kier alpha value is -2.14. The molecule has 0 aliphatic heterocycles. The van der Waals surface area contributed by atoms with Crippen LogP contribution in [0.4, 0.5) is 0 Å². The first kappa shape index (κ1) is 14.3. The molecule has 0 aliphatic carbocycles. The first-order valence-electron chi connectivity index (χ1n) is 6.66. The number of benzene rings is 1. The van der Waals surface area contributed by atoms with Gasteiger partial charge in [0.05, 0.1) is 25.8 Å². The Balaban J connectivity index is 1.78. The third-order valence-corrected chi connectivity index (χ3v) is 2.70. The molecule has 1 aromatic heterocycles. The Morgan fingerprint density at radius 3 is 2.90 bits per heavy atom.